The second-order valence-electron chi connectivity index (χ2n) is 4.93. The van der Waals surface area contributed by atoms with Gasteiger partial charge in [0.15, 0.2) is 11.3 Å². The monoisotopic (exact) mass is 291 g/mol. The first kappa shape index (κ1) is 12.6. The van der Waals surface area contributed by atoms with Gasteiger partial charge in [-0.1, -0.05) is 18.2 Å². The lowest BCUT2D eigenvalue weighted by molar-refractivity contribution is 0.628. The highest BCUT2D eigenvalue weighted by molar-refractivity contribution is 5.81. The fraction of sp³-hybridized carbons (Fsp3) is 0. The predicted molar refractivity (Wildman–Crippen MR) is 82.2 cm³/mol. The van der Waals surface area contributed by atoms with Gasteiger partial charge in [-0.25, -0.2) is 8.91 Å². The highest BCUT2D eigenvalue weighted by Gasteiger charge is 2.10. The van der Waals surface area contributed by atoms with E-state index in [0.29, 0.717) is 11.2 Å². The maximum absolute atomic E-state index is 13.0. The van der Waals surface area contributed by atoms with E-state index < -0.39 is 5.56 Å². The van der Waals surface area contributed by atoms with Gasteiger partial charge in [-0.2, -0.15) is 10.1 Å². The number of fused-ring (bicyclic) bond motifs is 3. The molecule has 0 N–H and O–H groups in total. The largest absolute Gasteiger partial charge is 0.300 e. The van der Waals surface area contributed by atoms with Crippen LogP contribution >= 0.6 is 0 Å². The first-order valence-corrected chi connectivity index (χ1v) is 6.77. The number of pyridine rings is 1. The molecule has 0 unspecified atom stereocenters. The lowest BCUT2D eigenvalue weighted by atomic mass is 10.1. The van der Waals surface area contributed by atoms with E-state index in [0.717, 1.165) is 10.9 Å². The van der Waals surface area contributed by atoms with Gasteiger partial charge in [0, 0.05) is 10.9 Å². The summed E-state index contributed by atoms with van der Waals surface area (Å²) in [6, 6.07) is 17.0. The van der Waals surface area contributed by atoms with E-state index in [-0.39, 0.29) is 11.5 Å². The number of para-hydroxylation sites is 1. The van der Waals surface area contributed by atoms with Crippen molar-refractivity contribution < 1.29 is 4.39 Å². The van der Waals surface area contributed by atoms with Gasteiger partial charge in [-0.05, 0) is 42.5 Å². The van der Waals surface area contributed by atoms with Crippen LogP contribution < -0.4 is 5.56 Å². The summed E-state index contributed by atoms with van der Waals surface area (Å²) in [5.74, 6) is -0.358. The second-order valence-corrected chi connectivity index (χ2v) is 4.93. The predicted octanol–water partition coefficient (Wildman–Crippen LogP) is 3.05. The quantitative estimate of drug-likeness (QED) is 0.506. The summed E-state index contributed by atoms with van der Waals surface area (Å²) in [7, 11) is 0. The van der Waals surface area contributed by atoms with Crippen LogP contribution in [0.15, 0.2) is 65.5 Å². The van der Waals surface area contributed by atoms with Crippen molar-refractivity contribution in [2.75, 3.05) is 0 Å². The van der Waals surface area contributed by atoms with Gasteiger partial charge in [0.2, 0.25) is 0 Å². The molecule has 0 bridgehead atoms. The molecule has 0 amide bonds. The highest BCUT2D eigenvalue weighted by atomic mass is 19.1. The van der Waals surface area contributed by atoms with Crippen LogP contribution in [0.5, 0.6) is 0 Å². The number of halogens is 1. The lowest BCUT2D eigenvalue weighted by Gasteiger charge is -2.06. The molecule has 0 aliphatic heterocycles. The van der Waals surface area contributed by atoms with Gasteiger partial charge in [0.05, 0.1) is 5.52 Å². The van der Waals surface area contributed by atoms with E-state index in [9.17, 15) is 9.18 Å². The third-order valence-corrected chi connectivity index (χ3v) is 3.53. The molecule has 0 aliphatic carbocycles. The summed E-state index contributed by atoms with van der Waals surface area (Å²) in [4.78, 5) is 16.2. The third kappa shape index (κ3) is 1.95. The summed E-state index contributed by atoms with van der Waals surface area (Å²) in [6.45, 7) is 0. The SMILES string of the molecule is O=c1nc2ccc3ccccc3n2nc1-c1ccc(F)cc1. The summed E-state index contributed by atoms with van der Waals surface area (Å²) < 4.78 is 14.7. The van der Waals surface area contributed by atoms with Crippen molar-refractivity contribution in [2.24, 2.45) is 0 Å². The van der Waals surface area contributed by atoms with Crippen molar-refractivity contribution in [1.29, 1.82) is 0 Å². The van der Waals surface area contributed by atoms with Crippen LogP contribution in [0.4, 0.5) is 4.39 Å². The van der Waals surface area contributed by atoms with E-state index in [2.05, 4.69) is 10.1 Å². The number of hydrogen-bond donors (Lipinski definition) is 0. The lowest BCUT2D eigenvalue weighted by Crippen LogP contribution is -2.16. The Bertz CT molecular complexity index is 1050. The zero-order valence-corrected chi connectivity index (χ0v) is 11.4. The average Bonchev–Trinajstić information content (AvgIpc) is 2.55. The molecular weight excluding hydrogens is 281 g/mol. The molecule has 2 aromatic heterocycles. The zero-order chi connectivity index (χ0) is 15.1. The third-order valence-electron chi connectivity index (χ3n) is 3.53. The Morgan fingerprint density at radius 1 is 0.909 bits per heavy atom. The molecule has 0 saturated heterocycles. The Hall–Kier alpha value is -3.08. The molecule has 5 heteroatoms. The normalized spacial score (nSPS) is 11.1. The van der Waals surface area contributed by atoms with E-state index >= 15 is 0 Å². The molecule has 0 spiro atoms. The molecule has 0 atom stereocenters. The van der Waals surface area contributed by atoms with Crippen molar-refractivity contribution in [1.82, 2.24) is 14.6 Å². The standard InChI is InChI=1S/C17H10FN3O/c18-13-8-5-12(6-9-13)16-17(22)19-15-10-7-11-3-1-2-4-14(11)21(15)20-16/h1-10H. The van der Waals surface area contributed by atoms with E-state index in [1.54, 1.807) is 10.6 Å². The topological polar surface area (TPSA) is 47.3 Å². The van der Waals surface area contributed by atoms with Gasteiger partial charge in [0.25, 0.3) is 5.56 Å². The number of benzene rings is 2. The first-order valence-electron chi connectivity index (χ1n) is 6.77. The van der Waals surface area contributed by atoms with Crippen molar-refractivity contribution in [3.8, 4) is 11.3 Å². The maximum Gasteiger partial charge on any atom is 0.300 e. The fourth-order valence-electron chi connectivity index (χ4n) is 2.46. The summed E-state index contributed by atoms with van der Waals surface area (Å²) in [5.41, 5.74) is 1.65. The van der Waals surface area contributed by atoms with Gasteiger partial charge in [-0.3, -0.25) is 4.79 Å². The zero-order valence-electron chi connectivity index (χ0n) is 11.4. The van der Waals surface area contributed by atoms with Gasteiger partial charge >= 0.3 is 0 Å². The van der Waals surface area contributed by atoms with E-state index in [1.165, 1.54) is 24.3 Å². The molecule has 4 rings (SSSR count). The fourth-order valence-corrected chi connectivity index (χ4v) is 2.46. The van der Waals surface area contributed by atoms with Crippen LogP contribution in [-0.4, -0.2) is 14.6 Å². The molecule has 0 fully saturated rings. The summed E-state index contributed by atoms with van der Waals surface area (Å²) in [5, 5.41) is 5.42. The highest BCUT2D eigenvalue weighted by Crippen LogP contribution is 2.17. The second kappa shape index (κ2) is 4.73. The molecular formula is C17H10FN3O. The number of nitrogens with zero attached hydrogens (tertiary/aromatic N) is 3. The maximum atomic E-state index is 13.0. The van der Waals surface area contributed by atoms with Crippen LogP contribution in [0.3, 0.4) is 0 Å². The Kier molecular flexibility index (Phi) is 2.72. The minimum Gasteiger partial charge on any atom is -0.265 e. The molecule has 106 valence electrons. The van der Waals surface area contributed by atoms with Gasteiger partial charge < -0.3 is 0 Å². The van der Waals surface area contributed by atoms with Crippen LogP contribution in [0.25, 0.3) is 27.8 Å². The van der Waals surface area contributed by atoms with Crippen LogP contribution in [-0.2, 0) is 0 Å². The first-order chi connectivity index (χ1) is 10.7. The Morgan fingerprint density at radius 3 is 2.50 bits per heavy atom. The minimum atomic E-state index is -0.429. The Labute approximate surface area is 124 Å². The molecule has 4 aromatic rings. The molecule has 2 aromatic carbocycles. The summed E-state index contributed by atoms with van der Waals surface area (Å²) in [6.07, 6.45) is 0. The molecule has 0 saturated carbocycles. The smallest absolute Gasteiger partial charge is 0.265 e. The van der Waals surface area contributed by atoms with Crippen molar-refractivity contribution in [3.63, 3.8) is 0 Å². The van der Waals surface area contributed by atoms with Crippen molar-refractivity contribution >= 4 is 16.6 Å². The van der Waals surface area contributed by atoms with E-state index in [4.69, 9.17) is 0 Å². The van der Waals surface area contributed by atoms with Gasteiger partial charge in [-0.15, -0.1) is 0 Å². The molecule has 2 heterocycles. The molecule has 0 radical (unpaired) electrons. The van der Waals surface area contributed by atoms with Crippen molar-refractivity contribution in [3.05, 3.63) is 76.8 Å². The van der Waals surface area contributed by atoms with Crippen molar-refractivity contribution in [2.45, 2.75) is 0 Å². The molecule has 0 aliphatic rings. The number of aromatic nitrogens is 3. The number of rotatable bonds is 1. The van der Waals surface area contributed by atoms with Crippen LogP contribution in [0.1, 0.15) is 0 Å². The van der Waals surface area contributed by atoms with Crippen LogP contribution in [0, 0.1) is 5.82 Å². The Balaban J connectivity index is 2.07. The minimum absolute atomic E-state index is 0.203. The molecule has 22 heavy (non-hydrogen) atoms. The summed E-state index contributed by atoms with van der Waals surface area (Å²) >= 11 is 0. The van der Waals surface area contributed by atoms with Crippen LogP contribution in [0.2, 0.25) is 0 Å². The average molecular weight is 291 g/mol. The van der Waals surface area contributed by atoms with Gasteiger partial charge in [0.1, 0.15) is 5.82 Å². The Morgan fingerprint density at radius 2 is 1.68 bits per heavy atom. The molecule has 4 nitrogen and oxygen atoms in total. The number of hydrogen-bond acceptors (Lipinski definition) is 3. The van der Waals surface area contributed by atoms with E-state index in [1.807, 2.05) is 30.3 Å².